The van der Waals surface area contributed by atoms with E-state index in [0.717, 1.165) is 5.56 Å². The van der Waals surface area contributed by atoms with Crippen LogP contribution >= 0.6 is 11.6 Å². The van der Waals surface area contributed by atoms with Crippen molar-refractivity contribution in [2.75, 3.05) is 5.32 Å². The fourth-order valence-electron chi connectivity index (χ4n) is 3.14. The molecule has 4 rings (SSSR count). The molecule has 0 bridgehead atoms. The zero-order valence-electron chi connectivity index (χ0n) is 15.3. The second-order valence-corrected chi connectivity index (χ2v) is 6.90. The minimum Gasteiger partial charge on any atom is -0.455 e. The molecule has 29 heavy (non-hydrogen) atoms. The number of benzene rings is 3. The van der Waals surface area contributed by atoms with Crippen LogP contribution in [0.4, 0.5) is 10.1 Å². The largest absolute Gasteiger partial charge is 0.455 e. The van der Waals surface area contributed by atoms with Gasteiger partial charge in [0.15, 0.2) is 16.8 Å². The number of amides is 1. The number of para-hydroxylation sites is 1. The van der Waals surface area contributed by atoms with Gasteiger partial charge in [-0.25, -0.2) is 4.39 Å². The fourth-order valence-corrected chi connectivity index (χ4v) is 3.32. The summed E-state index contributed by atoms with van der Waals surface area (Å²) in [4.78, 5) is 25.7. The molecule has 0 saturated carbocycles. The zero-order valence-corrected chi connectivity index (χ0v) is 16.1. The Balaban J connectivity index is 1.87. The molecule has 3 aromatic carbocycles. The van der Waals surface area contributed by atoms with Gasteiger partial charge in [0.2, 0.25) is 0 Å². The molecule has 1 heterocycles. The second-order valence-electron chi connectivity index (χ2n) is 6.49. The Kier molecular flexibility index (Phi) is 4.91. The first-order chi connectivity index (χ1) is 14.0. The Morgan fingerprint density at radius 2 is 1.72 bits per heavy atom. The molecule has 0 fully saturated rings. The highest BCUT2D eigenvalue weighted by molar-refractivity contribution is 6.31. The van der Waals surface area contributed by atoms with Crippen molar-refractivity contribution in [3.05, 3.63) is 98.9 Å². The van der Waals surface area contributed by atoms with Crippen molar-refractivity contribution in [2.24, 2.45) is 0 Å². The summed E-state index contributed by atoms with van der Waals surface area (Å²) in [6.45, 7) is 1.68. The summed E-state index contributed by atoms with van der Waals surface area (Å²) < 4.78 is 20.2. The van der Waals surface area contributed by atoms with Gasteiger partial charge < -0.3 is 9.73 Å². The molecule has 1 amide bonds. The van der Waals surface area contributed by atoms with Crippen LogP contribution in [0.25, 0.3) is 22.3 Å². The molecule has 144 valence electrons. The van der Waals surface area contributed by atoms with Crippen LogP contribution in [0.5, 0.6) is 0 Å². The number of rotatable bonds is 3. The third kappa shape index (κ3) is 3.41. The average Bonchev–Trinajstić information content (AvgIpc) is 2.74. The van der Waals surface area contributed by atoms with Gasteiger partial charge in [0, 0.05) is 11.1 Å². The Morgan fingerprint density at radius 1 is 1.00 bits per heavy atom. The molecule has 0 aliphatic carbocycles. The minimum absolute atomic E-state index is 0.0581. The van der Waals surface area contributed by atoms with E-state index in [1.165, 1.54) is 24.3 Å². The van der Waals surface area contributed by atoms with Crippen molar-refractivity contribution in [2.45, 2.75) is 6.92 Å². The highest BCUT2D eigenvalue weighted by Crippen LogP contribution is 2.28. The van der Waals surface area contributed by atoms with E-state index in [2.05, 4.69) is 5.32 Å². The van der Waals surface area contributed by atoms with Crippen molar-refractivity contribution in [1.82, 2.24) is 0 Å². The molecule has 4 nitrogen and oxygen atoms in total. The van der Waals surface area contributed by atoms with Crippen molar-refractivity contribution in [3.8, 4) is 11.3 Å². The topological polar surface area (TPSA) is 59.3 Å². The lowest BCUT2D eigenvalue weighted by Crippen LogP contribution is -2.15. The normalized spacial score (nSPS) is 10.9. The molecule has 6 heteroatoms. The van der Waals surface area contributed by atoms with Gasteiger partial charge in [0.05, 0.1) is 21.7 Å². The quantitative estimate of drug-likeness (QED) is 0.466. The van der Waals surface area contributed by atoms with Crippen LogP contribution in [-0.2, 0) is 0 Å². The van der Waals surface area contributed by atoms with Gasteiger partial charge >= 0.3 is 0 Å². The third-order valence-corrected chi connectivity index (χ3v) is 4.92. The van der Waals surface area contributed by atoms with Gasteiger partial charge in [0.1, 0.15) is 5.76 Å². The third-order valence-electron chi connectivity index (χ3n) is 4.63. The summed E-state index contributed by atoms with van der Waals surface area (Å²) in [5, 5.41) is 2.67. The van der Waals surface area contributed by atoms with E-state index < -0.39 is 11.7 Å². The predicted molar refractivity (Wildman–Crippen MR) is 112 cm³/mol. The lowest BCUT2D eigenvalue weighted by molar-refractivity contribution is 0.102. The SMILES string of the molecule is Cc1c(-c2ccccc2)oc2c(C(=O)Nc3cccc(Cl)c3F)cccc2c1=O. The Hall–Kier alpha value is -3.44. The number of anilines is 1. The highest BCUT2D eigenvalue weighted by atomic mass is 35.5. The molecular weight excluding hydrogens is 393 g/mol. The number of hydrogen-bond donors (Lipinski definition) is 1. The first kappa shape index (κ1) is 18.9. The fraction of sp³-hybridized carbons (Fsp3) is 0.0435. The van der Waals surface area contributed by atoms with E-state index in [1.807, 2.05) is 30.3 Å². The van der Waals surface area contributed by atoms with E-state index in [4.69, 9.17) is 16.0 Å². The van der Waals surface area contributed by atoms with Crippen LogP contribution < -0.4 is 10.7 Å². The molecule has 4 aromatic rings. The second kappa shape index (κ2) is 7.53. The van der Waals surface area contributed by atoms with E-state index in [9.17, 15) is 14.0 Å². The van der Waals surface area contributed by atoms with Crippen LogP contribution in [0, 0.1) is 12.7 Å². The van der Waals surface area contributed by atoms with Gasteiger partial charge in [-0.1, -0.05) is 54.1 Å². The maximum atomic E-state index is 14.2. The number of nitrogens with one attached hydrogen (secondary N) is 1. The molecule has 0 radical (unpaired) electrons. The van der Waals surface area contributed by atoms with Gasteiger partial charge in [0.25, 0.3) is 5.91 Å². The molecule has 0 atom stereocenters. The van der Waals surface area contributed by atoms with E-state index in [1.54, 1.807) is 19.1 Å². The van der Waals surface area contributed by atoms with Crippen LogP contribution in [0.15, 0.2) is 75.9 Å². The van der Waals surface area contributed by atoms with Crippen molar-refractivity contribution < 1.29 is 13.6 Å². The summed E-state index contributed by atoms with van der Waals surface area (Å²) >= 11 is 5.78. The Morgan fingerprint density at radius 3 is 2.48 bits per heavy atom. The first-order valence-corrected chi connectivity index (χ1v) is 9.22. The van der Waals surface area contributed by atoms with E-state index in [0.29, 0.717) is 11.3 Å². The first-order valence-electron chi connectivity index (χ1n) is 8.84. The van der Waals surface area contributed by atoms with Gasteiger partial charge in [-0.2, -0.15) is 0 Å². The Bertz CT molecular complexity index is 1300. The monoisotopic (exact) mass is 407 g/mol. The van der Waals surface area contributed by atoms with Crippen LogP contribution in [0.1, 0.15) is 15.9 Å². The van der Waals surface area contributed by atoms with Crippen molar-refractivity contribution in [1.29, 1.82) is 0 Å². The van der Waals surface area contributed by atoms with Crippen molar-refractivity contribution in [3.63, 3.8) is 0 Å². The molecular formula is C23H15ClFNO3. The Labute approximate surface area is 170 Å². The molecule has 0 spiro atoms. The van der Waals surface area contributed by atoms with Gasteiger partial charge in [-0.3, -0.25) is 9.59 Å². The standard InChI is InChI=1S/C23H15ClFNO3/c1-13-20(27)15-9-5-10-16(22(15)29-21(13)14-7-3-2-4-8-14)23(28)26-18-12-6-11-17(24)19(18)25/h2-12H,1H3,(H,26,28). The lowest BCUT2D eigenvalue weighted by Gasteiger charge is -2.11. The van der Waals surface area contributed by atoms with Crippen LogP contribution in [-0.4, -0.2) is 5.91 Å². The molecule has 0 aliphatic rings. The van der Waals surface area contributed by atoms with Crippen LogP contribution in [0.2, 0.25) is 5.02 Å². The minimum atomic E-state index is -0.731. The van der Waals surface area contributed by atoms with E-state index in [-0.39, 0.29) is 32.7 Å². The number of halogens is 2. The average molecular weight is 408 g/mol. The zero-order chi connectivity index (χ0) is 20.5. The molecule has 0 unspecified atom stereocenters. The summed E-state index contributed by atoms with van der Waals surface area (Å²) in [6, 6.07) is 18.2. The molecule has 1 N–H and O–H groups in total. The number of fused-ring (bicyclic) bond motifs is 1. The lowest BCUT2D eigenvalue weighted by atomic mass is 10.0. The summed E-state index contributed by atoms with van der Waals surface area (Å²) in [5.74, 6) is -0.954. The van der Waals surface area contributed by atoms with Gasteiger partial charge in [-0.05, 0) is 31.2 Å². The number of carbonyl (C=O) groups excluding carboxylic acids is 1. The van der Waals surface area contributed by atoms with Gasteiger partial charge in [-0.15, -0.1) is 0 Å². The molecule has 0 aliphatic heterocycles. The molecule has 1 aromatic heterocycles. The summed E-state index contributed by atoms with van der Waals surface area (Å²) in [6.07, 6.45) is 0. The van der Waals surface area contributed by atoms with Crippen molar-refractivity contribution >= 4 is 34.2 Å². The van der Waals surface area contributed by atoms with E-state index >= 15 is 0 Å². The number of hydrogen-bond acceptors (Lipinski definition) is 3. The van der Waals surface area contributed by atoms with Crippen LogP contribution in [0.3, 0.4) is 0 Å². The summed E-state index contributed by atoms with van der Waals surface area (Å²) in [5.41, 5.74) is 1.14. The smallest absolute Gasteiger partial charge is 0.259 e. The molecule has 0 saturated heterocycles. The maximum absolute atomic E-state index is 14.2. The summed E-state index contributed by atoms with van der Waals surface area (Å²) in [7, 11) is 0. The number of carbonyl (C=O) groups is 1. The maximum Gasteiger partial charge on any atom is 0.259 e. The predicted octanol–water partition coefficient (Wildman–Crippen LogP) is 5.81. The highest BCUT2D eigenvalue weighted by Gasteiger charge is 2.19.